The highest BCUT2D eigenvalue weighted by Crippen LogP contribution is 2.27. The van der Waals surface area contributed by atoms with Crippen LogP contribution >= 0.6 is 23.4 Å². The van der Waals surface area contributed by atoms with Crippen molar-refractivity contribution in [3.8, 4) is 0 Å². The number of halogens is 1. The second-order valence-corrected chi connectivity index (χ2v) is 4.66. The van der Waals surface area contributed by atoms with Crippen LogP contribution in [-0.4, -0.2) is 36.3 Å². The van der Waals surface area contributed by atoms with Crippen molar-refractivity contribution in [2.45, 2.75) is 17.2 Å². The average molecular weight is 259 g/mol. The molecular weight excluding hydrogens is 252 g/mol. The van der Waals surface area contributed by atoms with Gasteiger partial charge < -0.3 is 10.1 Å². The molecule has 0 aromatic carbocycles. The predicted octanol–water partition coefficient (Wildman–Crippen LogP) is 1.57. The molecule has 0 aliphatic heterocycles. The monoisotopic (exact) mass is 258 g/mol. The van der Waals surface area contributed by atoms with Crippen molar-refractivity contribution in [3.05, 3.63) is 11.6 Å². The van der Waals surface area contributed by atoms with E-state index in [1.807, 2.05) is 0 Å². The fourth-order valence-electron chi connectivity index (χ4n) is 1.08. The first-order valence-electron chi connectivity index (χ1n) is 4.34. The Labute approximate surface area is 99.5 Å². The minimum Gasteiger partial charge on any atom is -0.480 e. The first kappa shape index (κ1) is 11.2. The van der Waals surface area contributed by atoms with Gasteiger partial charge in [0.05, 0.1) is 6.33 Å². The number of nitrogens with zero attached hydrogens (tertiary/aromatic N) is 3. The van der Waals surface area contributed by atoms with Crippen molar-refractivity contribution in [1.82, 2.24) is 19.9 Å². The van der Waals surface area contributed by atoms with Gasteiger partial charge >= 0.3 is 5.97 Å². The molecule has 0 radical (unpaired) electrons. The molecule has 0 aliphatic carbocycles. The first-order chi connectivity index (χ1) is 7.58. The van der Waals surface area contributed by atoms with E-state index < -0.39 is 11.2 Å². The Bertz CT molecular complexity index is 544. The lowest BCUT2D eigenvalue weighted by Crippen LogP contribution is -2.11. The van der Waals surface area contributed by atoms with Gasteiger partial charge in [0.25, 0.3) is 0 Å². The number of rotatable bonds is 3. The normalized spacial score (nSPS) is 12.9. The fraction of sp³-hybridized carbons (Fsp3) is 0.250. The van der Waals surface area contributed by atoms with Crippen molar-refractivity contribution in [2.24, 2.45) is 0 Å². The summed E-state index contributed by atoms with van der Waals surface area (Å²) in [5.41, 5.74) is 1.03. The zero-order valence-corrected chi connectivity index (χ0v) is 9.71. The van der Waals surface area contributed by atoms with Crippen LogP contribution < -0.4 is 0 Å². The summed E-state index contributed by atoms with van der Waals surface area (Å²) in [6.07, 6.45) is 1.46. The molecule has 0 bridgehead atoms. The molecule has 0 fully saturated rings. The molecule has 0 amide bonds. The molecule has 0 aliphatic rings. The molecule has 2 heterocycles. The number of hydrogen-bond donors (Lipinski definition) is 2. The van der Waals surface area contributed by atoms with Crippen LogP contribution in [0.5, 0.6) is 0 Å². The number of aromatic amines is 1. The Kier molecular flexibility index (Phi) is 2.97. The number of fused-ring (bicyclic) bond motifs is 1. The highest BCUT2D eigenvalue weighted by Gasteiger charge is 2.17. The summed E-state index contributed by atoms with van der Waals surface area (Å²) in [7, 11) is 0. The summed E-state index contributed by atoms with van der Waals surface area (Å²) in [5.74, 6) is -0.910. The molecule has 0 saturated carbocycles. The van der Waals surface area contributed by atoms with Gasteiger partial charge in [-0.2, -0.15) is 4.98 Å². The molecular formula is C8H7ClN4O2S. The topological polar surface area (TPSA) is 91.8 Å². The van der Waals surface area contributed by atoms with Crippen LogP contribution in [0.3, 0.4) is 0 Å². The van der Waals surface area contributed by atoms with Gasteiger partial charge in [0.1, 0.15) is 15.8 Å². The number of aromatic nitrogens is 4. The molecule has 2 N–H and O–H groups in total. The lowest BCUT2D eigenvalue weighted by molar-refractivity contribution is -0.136. The average Bonchev–Trinajstić information content (AvgIpc) is 2.65. The first-order valence-corrected chi connectivity index (χ1v) is 5.60. The number of aliphatic carboxylic acids is 1. The third-order valence-electron chi connectivity index (χ3n) is 1.86. The van der Waals surface area contributed by atoms with E-state index in [0.717, 1.165) is 11.8 Å². The second-order valence-electron chi connectivity index (χ2n) is 3.00. The van der Waals surface area contributed by atoms with Crippen LogP contribution in [0.1, 0.15) is 6.92 Å². The number of carbonyl (C=O) groups is 1. The van der Waals surface area contributed by atoms with E-state index >= 15 is 0 Å². The molecule has 6 nitrogen and oxygen atoms in total. The molecule has 0 spiro atoms. The number of carboxylic acid groups (broad SMARTS) is 1. The van der Waals surface area contributed by atoms with Gasteiger partial charge in [0, 0.05) is 0 Å². The summed E-state index contributed by atoms with van der Waals surface area (Å²) in [5, 5.41) is 8.74. The number of thioether (sulfide) groups is 1. The van der Waals surface area contributed by atoms with Crippen LogP contribution in [0.15, 0.2) is 11.4 Å². The quantitative estimate of drug-likeness (QED) is 0.493. The van der Waals surface area contributed by atoms with Gasteiger partial charge in [-0.15, -0.1) is 0 Å². The molecule has 1 atom stereocenters. The van der Waals surface area contributed by atoms with Gasteiger partial charge in [-0.05, 0) is 18.5 Å². The Morgan fingerprint density at radius 1 is 1.62 bits per heavy atom. The highest BCUT2D eigenvalue weighted by atomic mass is 35.5. The van der Waals surface area contributed by atoms with Crippen molar-refractivity contribution in [1.29, 1.82) is 0 Å². The van der Waals surface area contributed by atoms with Crippen molar-refractivity contribution in [3.63, 3.8) is 0 Å². The molecule has 2 aromatic rings. The minimum absolute atomic E-state index is 0.0553. The Morgan fingerprint density at radius 3 is 3.06 bits per heavy atom. The molecule has 8 heteroatoms. The number of H-pyrrole nitrogens is 1. The fourth-order valence-corrected chi connectivity index (χ4v) is 2.14. The number of imidazole rings is 1. The third kappa shape index (κ3) is 2.10. The van der Waals surface area contributed by atoms with Gasteiger partial charge in [-0.25, -0.2) is 9.97 Å². The number of nitrogens with one attached hydrogen (secondary N) is 1. The van der Waals surface area contributed by atoms with Gasteiger partial charge in [0.2, 0.25) is 5.28 Å². The molecule has 0 saturated heterocycles. The maximum atomic E-state index is 10.7. The van der Waals surface area contributed by atoms with E-state index in [2.05, 4.69) is 19.9 Å². The zero-order chi connectivity index (χ0) is 11.7. The Morgan fingerprint density at radius 2 is 2.38 bits per heavy atom. The minimum atomic E-state index is -0.910. The standard InChI is InChI=1S/C8H7ClN4O2S/c1-3(7(14)15)16-6-4-5(11-2-10-4)12-8(9)13-6/h2-3H,1H3,(H,14,15)(H,10,11,12,13)/t3-/m0/s1. The van der Waals surface area contributed by atoms with Crippen LogP contribution in [0.2, 0.25) is 5.28 Å². The lowest BCUT2D eigenvalue weighted by atomic mass is 10.5. The molecule has 84 valence electrons. The van der Waals surface area contributed by atoms with E-state index in [1.54, 1.807) is 6.92 Å². The van der Waals surface area contributed by atoms with Gasteiger partial charge in [0.15, 0.2) is 5.65 Å². The zero-order valence-electron chi connectivity index (χ0n) is 8.14. The van der Waals surface area contributed by atoms with Crippen molar-refractivity contribution >= 4 is 40.5 Å². The molecule has 2 rings (SSSR count). The smallest absolute Gasteiger partial charge is 0.316 e. The van der Waals surface area contributed by atoms with E-state index in [9.17, 15) is 4.79 Å². The van der Waals surface area contributed by atoms with E-state index in [0.29, 0.717) is 16.2 Å². The summed E-state index contributed by atoms with van der Waals surface area (Å²) in [4.78, 5) is 25.4. The third-order valence-corrected chi connectivity index (χ3v) is 3.10. The predicted molar refractivity (Wildman–Crippen MR) is 59.6 cm³/mol. The summed E-state index contributed by atoms with van der Waals surface area (Å²) in [6.45, 7) is 1.57. The van der Waals surface area contributed by atoms with Crippen LogP contribution in [-0.2, 0) is 4.79 Å². The molecule has 16 heavy (non-hydrogen) atoms. The highest BCUT2D eigenvalue weighted by molar-refractivity contribution is 8.00. The van der Waals surface area contributed by atoms with Crippen LogP contribution in [0, 0.1) is 0 Å². The van der Waals surface area contributed by atoms with Crippen LogP contribution in [0.4, 0.5) is 0 Å². The SMILES string of the molecule is C[C@H](Sc1nc(Cl)nc2nc[nH]c12)C(=O)O. The van der Waals surface area contributed by atoms with Gasteiger partial charge in [-0.3, -0.25) is 4.79 Å². The Hall–Kier alpha value is -1.34. The maximum absolute atomic E-state index is 10.7. The largest absolute Gasteiger partial charge is 0.480 e. The van der Waals surface area contributed by atoms with Crippen molar-refractivity contribution in [2.75, 3.05) is 0 Å². The number of hydrogen-bond acceptors (Lipinski definition) is 5. The lowest BCUT2D eigenvalue weighted by Gasteiger charge is -2.05. The summed E-state index contributed by atoms with van der Waals surface area (Å²) in [6, 6.07) is 0. The van der Waals surface area contributed by atoms with Crippen molar-refractivity contribution < 1.29 is 9.90 Å². The molecule has 2 aromatic heterocycles. The Balaban J connectivity index is 2.42. The summed E-state index contributed by atoms with van der Waals surface area (Å²) >= 11 is 6.80. The van der Waals surface area contributed by atoms with E-state index in [1.165, 1.54) is 6.33 Å². The molecule has 0 unspecified atom stereocenters. The second kappa shape index (κ2) is 4.26. The number of carboxylic acids is 1. The summed E-state index contributed by atoms with van der Waals surface area (Å²) < 4.78 is 0. The van der Waals surface area contributed by atoms with Crippen LogP contribution in [0.25, 0.3) is 11.2 Å². The van der Waals surface area contributed by atoms with E-state index in [4.69, 9.17) is 16.7 Å². The van der Waals surface area contributed by atoms with Gasteiger partial charge in [-0.1, -0.05) is 11.8 Å². The maximum Gasteiger partial charge on any atom is 0.316 e. The van der Waals surface area contributed by atoms with E-state index in [-0.39, 0.29) is 5.28 Å².